The third-order valence-electron chi connectivity index (χ3n) is 3.92. The van der Waals surface area contributed by atoms with E-state index in [1.807, 2.05) is 54.6 Å². The molecule has 1 amide bonds. The van der Waals surface area contributed by atoms with Crippen LogP contribution in [0.3, 0.4) is 0 Å². The molecule has 0 bridgehead atoms. The Kier molecular flexibility index (Phi) is 4.76. The van der Waals surface area contributed by atoms with Gasteiger partial charge in [-0.05, 0) is 35.9 Å². The zero-order chi connectivity index (χ0) is 18.1. The smallest absolute Gasteiger partial charge is 0.266 e. The van der Waals surface area contributed by atoms with E-state index >= 15 is 0 Å². The quantitative estimate of drug-likeness (QED) is 0.470. The number of carbonyl (C=O) groups is 1. The van der Waals surface area contributed by atoms with Gasteiger partial charge in [0.05, 0.1) is 28.8 Å². The van der Waals surface area contributed by atoms with Crippen molar-refractivity contribution in [3.63, 3.8) is 0 Å². The largest absolute Gasteiger partial charge is 0.497 e. The number of nitrogens with zero attached hydrogens (tertiary/aromatic N) is 2. The maximum absolute atomic E-state index is 12.8. The van der Waals surface area contributed by atoms with Crippen LogP contribution in [0.25, 0.3) is 16.3 Å². The van der Waals surface area contributed by atoms with Gasteiger partial charge in [-0.15, -0.1) is 11.3 Å². The van der Waals surface area contributed by atoms with Gasteiger partial charge in [0.25, 0.3) is 5.91 Å². The number of thiocarbonyl (C=S) groups is 1. The summed E-state index contributed by atoms with van der Waals surface area (Å²) in [5.74, 6) is 0.709. The summed E-state index contributed by atoms with van der Waals surface area (Å²) in [5.41, 5.74) is 1.89. The molecule has 7 heteroatoms. The molecule has 1 aromatic heterocycles. The normalized spacial score (nSPS) is 16.0. The fraction of sp³-hybridized carbons (Fsp3) is 0.105. The van der Waals surface area contributed by atoms with Crippen LogP contribution in [0.1, 0.15) is 10.6 Å². The zero-order valence-electron chi connectivity index (χ0n) is 13.8. The standard InChI is InChI=1S/C19H14N2O2S3/c1-23-13-8-6-12(7-9-13)10-16-18(22)21(19(24)26-16)11-17-20-14-4-2-3-5-15(14)25-17/h2-10H,11H2,1H3/b16-10+. The van der Waals surface area contributed by atoms with Crippen molar-refractivity contribution in [3.8, 4) is 5.75 Å². The van der Waals surface area contributed by atoms with Crippen LogP contribution in [0.15, 0.2) is 53.4 Å². The number of hydrogen-bond donors (Lipinski definition) is 0. The van der Waals surface area contributed by atoms with Gasteiger partial charge < -0.3 is 4.74 Å². The van der Waals surface area contributed by atoms with Gasteiger partial charge in [0.15, 0.2) is 0 Å². The van der Waals surface area contributed by atoms with E-state index in [-0.39, 0.29) is 5.91 Å². The summed E-state index contributed by atoms with van der Waals surface area (Å²) in [6, 6.07) is 15.5. The lowest BCUT2D eigenvalue weighted by Crippen LogP contribution is -2.27. The molecule has 1 saturated heterocycles. The van der Waals surface area contributed by atoms with Gasteiger partial charge in [0, 0.05) is 0 Å². The molecule has 4 nitrogen and oxygen atoms in total. The number of aromatic nitrogens is 1. The monoisotopic (exact) mass is 398 g/mol. The highest BCUT2D eigenvalue weighted by molar-refractivity contribution is 8.26. The SMILES string of the molecule is COc1ccc(/C=C2/SC(=S)N(Cc3nc4ccccc4s3)C2=O)cc1. The molecule has 0 N–H and O–H groups in total. The van der Waals surface area contributed by atoms with Crippen molar-refractivity contribution in [1.82, 2.24) is 9.88 Å². The molecule has 0 aliphatic carbocycles. The minimum atomic E-state index is -0.0740. The van der Waals surface area contributed by atoms with Gasteiger partial charge in [-0.1, -0.05) is 48.2 Å². The van der Waals surface area contributed by atoms with E-state index in [2.05, 4.69) is 4.98 Å². The van der Waals surface area contributed by atoms with Crippen LogP contribution < -0.4 is 4.74 Å². The topological polar surface area (TPSA) is 42.4 Å². The molecular weight excluding hydrogens is 384 g/mol. The first-order valence-electron chi connectivity index (χ1n) is 7.88. The Morgan fingerprint density at radius 3 is 2.69 bits per heavy atom. The molecule has 2 aromatic carbocycles. The average Bonchev–Trinajstić information content (AvgIpc) is 3.18. The van der Waals surface area contributed by atoms with E-state index in [1.165, 1.54) is 11.8 Å². The second kappa shape index (κ2) is 7.19. The molecule has 1 fully saturated rings. The first kappa shape index (κ1) is 17.2. The van der Waals surface area contributed by atoms with Crippen molar-refractivity contribution >= 4 is 61.8 Å². The minimum Gasteiger partial charge on any atom is -0.497 e. The van der Waals surface area contributed by atoms with Gasteiger partial charge in [0.2, 0.25) is 0 Å². The van der Waals surface area contributed by atoms with Gasteiger partial charge in [0.1, 0.15) is 15.1 Å². The summed E-state index contributed by atoms with van der Waals surface area (Å²) in [6.45, 7) is 0.407. The Bertz CT molecular complexity index is 992. The van der Waals surface area contributed by atoms with Crippen LogP contribution in [0.4, 0.5) is 0 Å². The summed E-state index contributed by atoms with van der Waals surface area (Å²) in [4.78, 5) is 19.6. The van der Waals surface area contributed by atoms with Crippen molar-refractivity contribution in [2.24, 2.45) is 0 Å². The van der Waals surface area contributed by atoms with Crippen LogP contribution >= 0.6 is 35.3 Å². The lowest BCUT2D eigenvalue weighted by molar-refractivity contribution is -0.122. The molecule has 0 spiro atoms. The number of amides is 1. The lowest BCUT2D eigenvalue weighted by atomic mass is 10.2. The van der Waals surface area contributed by atoms with Crippen molar-refractivity contribution in [2.45, 2.75) is 6.54 Å². The highest BCUT2D eigenvalue weighted by Gasteiger charge is 2.32. The number of para-hydroxylation sites is 1. The number of hydrogen-bond acceptors (Lipinski definition) is 6. The third-order valence-corrected chi connectivity index (χ3v) is 6.32. The maximum Gasteiger partial charge on any atom is 0.266 e. The van der Waals surface area contributed by atoms with Gasteiger partial charge in [-0.3, -0.25) is 9.69 Å². The number of methoxy groups -OCH3 is 1. The predicted octanol–water partition coefficient (Wildman–Crippen LogP) is 4.71. The fourth-order valence-corrected chi connectivity index (χ4v) is 4.82. The van der Waals surface area contributed by atoms with Crippen molar-refractivity contribution in [1.29, 1.82) is 0 Å². The first-order valence-corrected chi connectivity index (χ1v) is 9.92. The summed E-state index contributed by atoms with van der Waals surface area (Å²) < 4.78 is 6.83. The highest BCUT2D eigenvalue weighted by Crippen LogP contribution is 2.34. The van der Waals surface area contributed by atoms with E-state index in [9.17, 15) is 4.79 Å². The molecule has 130 valence electrons. The van der Waals surface area contributed by atoms with Crippen molar-refractivity contribution in [3.05, 3.63) is 64.0 Å². The molecule has 1 aliphatic rings. The fourth-order valence-electron chi connectivity index (χ4n) is 2.61. The van der Waals surface area contributed by atoms with Crippen molar-refractivity contribution in [2.75, 3.05) is 7.11 Å². The molecule has 2 heterocycles. The Morgan fingerprint density at radius 2 is 1.96 bits per heavy atom. The number of thiazole rings is 1. The van der Waals surface area contributed by atoms with E-state index in [1.54, 1.807) is 23.3 Å². The third kappa shape index (κ3) is 3.38. The average molecular weight is 399 g/mol. The number of ether oxygens (including phenoxy) is 1. The minimum absolute atomic E-state index is 0.0740. The molecule has 0 atom stereocenters. The number of thioether (sulfide) groups is 1. The second-order valence-electron chi connectivity index (χ2n) is 5.62. The first-order chi connectivity index (χ1) is 12.6. The molecule has 1 aliphatic heterocycles. The van der Waals surface area contributed by atoms with E-state index < -0.39 is 0 Å². The summed E-state index contributed by atoms with van der Waals surface area (Å²) in [7, 11) is 1.63. The van der Waals surface area contributed by atoms with Gasteiger partial charge >= 0.3 is 0 Å². The summed E-state index contributed by atoms with van der Waals surface area (Å²) in [6.07, 6.45) is 1.86. The predicted molar refractivity (Wildman–Crippen MR) is 111 cm³/mol. The van der Waals surface area contributed by atoms with E-state index in [0.717, 1.165) is 26.5 Å². The van der Waals surface area contributed by atoms with Crippen LogP contribution in [0.5, 0.6) is 5.75 Å². The maximum atomic E-state index is 12.8. The Hall–Kier alpha value is -2.22. The summed E-state index contributed by atoms with van der Waals surface area (Å²) in [5, 5.41) is 0.883. The Balaban J connectivity index is 1.55. The Labute approximate surface area is 164 Å². The Morgan fingerprint density at radius 1 is 1.19 bits per heavy atom. The number of rotatable bonds is 4. The molecular formula is C19H14N2O2S3. The van der Waals surface area contributed by atoms with Crippen LogP contribution in [0, 0.1) is 0 Å². The van der Waals surface area contributed by atoms with Gasteiger partial charge in [-0.25, -0.2) is 4.98 Å². The van der Waals surface area contributed by atoms with E-state index in [4.69, 9.17) is 17.0 Å². The van der Waals surface area contributed by atoms with Crippen LogP contribution in [0.2, 0.25) is 0 Å². The van der Waals surface area contributed by atoms with E-state index in [0.29, 0.717) is 15.8 Å². The number of benzene rings is 2. The second-order valence-corrected chi connectivity index (χ2v) is 8.41. The lowest BCUT2D eigenvalue weighted by Gasteiger charge is -2.11. The number of fused-ring (bicyclic) bond motifs is 1. The van der Waals surface area contributed by atoms with Crippen LogP contribution in [-0.4, -0.2) is 27.2 Å². The highest BCUT2D eigenvalue weighted by atomic mass is 32.2. The van der Waals surface area contributed by atoms with Crippen LogP contribution in [-0.2, 0) is 11.3 Å². The number of carbonyl (C=O) groups excluding carboxylic acids is 1. The molecule has 0 unspecified atom stereocenters. The summed E-state index contributed by atoms with van der Waals surface area (Å²) >= 11 is 8.33. The molecule has 3 aromatic rings. The van der Waals surface area contributed by atoms with Gasteiger partial charge in [-0.2, -0.15) is 0 Å². The molecule has 4 rings (SSSR count). The molecule has 26 heavy (non-hydrogen) atoms. The molecule has 0 radical (unpaired) electrons. The van der Waals surface area contributed by atoms with Crippen molar-refractivity contribution < 1.29 is 9.53 Å². The molecule has 0 saturated carbocycles. The zero-order valence-corrected chi connectivity index (χ0v) is 16.3.